The number of pyridine rings is 1. The Morgan fingerprint density at radius 3 is 2.74 bits per heavy atom. The lowest BCUT2D eigenvalue weighted by atomic mass is 10.0. The second-order valence-corrected chi connectivity index (χ2v) is 5.20. The van der Waals surface area contributed by atoms with E-state index in [1.165, 1.54) is 15.7 Å². The fourth-order valence-electron chi connectivity index (χ4n) is 2.66. The number of carbonyl (C=O) groups excluding carboxylic acids is 1. The van der Waals surface area contributed by atoms with Crippen LogP contribution in [0.3, 0.4) is 0 Å². The third kappa shape index (κ3) is 3.37. The van der Waals surface area contributed by atoms with E-state index in [0.717, 1.165) is 11.1 Å². The van der Waals surface area contributed by atoms with Crippen LogP contribution in [0.4, 0.5) is 4.79 Å². The summed E-state index contributed by atoms with van der Waals surface area (Å²) in [7, 11) is 1.72. The van der Waals surface area contributed by atoms with Crippen molar-refractivity contribution in [1.82, 2.24) is 14.5 Å². The summed E-state index contributed by atoms with van der Waals surface area (Å²) in [6.07, 6.45) is 5.44. The van der Waals surface area contributed by atoms with Gasteiger partial charge in [-0.2, -0.15) is 5.06 Å². The molecule has 23 heavy (non-hydrogen) atoms. The van der Waals surface area contributed by atoms with E-state index in [4.69, 9.17) is 4.84 Å². The number of hydroxylamine groups is 2. The van der Waals surface area contributed by atoms with Gasteiger partial charge in [-0.05, 0) is 17.2 Å². The molecule has 2 aliphatic heterocycles. The Bertz CT molecular complexity index is 678. The molecule has 6 heteroatoms. The van der Waals surface area contributed by atoms with Crippen molar-refractivity contribution in [3.63, 3.8) is 0 Å². The first kappa shape index (κ1) is 17.0. The summed E-state index contributed by atoms with van der Waals surface area (Å²) in [5.41, 5.74) is 1.93. The standard InChI is InChI=1S/C15H17N3O3.C2H6/c1-3-6-21-18-13-7-12(9-17(10-13)15(18)20)11-4-5-14(19)16(2)8-11;1-2/h3-5,7-8,13H,1,6,9-10H2,2H3;1-2H3. The molecule has 1 fully saturated rings. The average molecular weight is 317 g/mol. The highest BCUT2D eigenvalue weighted by atomic mass is 16.7. The Morgan fingerprint density at radius 1 is 1.35 bits per heavy atom. The zero-order valence-electron chi connectivity index (χ0n) is 13.9. The molecule has 0 aromatic carbocycles. The van der Waals surface area contributed by atoms with Gasteiger partial charge in [0, 0.05) is 32.4 Å². The zero-order chi connectivity index (χ0) is 17.0. The number of fused-ring (bicyclic) bond motifs is 2. The lowest BCUT2D eigenvalue weighted by molar-refractivity contribution is -0.107. The molecule has 0 spiro atoms. The van der Waals surface area contributed by atoms with Gasteiger partial charge in [-0.25, -0.2) is 4.79 Å². The lowest BCUT2D eigenvalue weighted by Crippen LogP contribution is -2.33. The molecule has 0 aliphatic carbocycles. The fourth-order valence-corrected chi connectivity index (χ4v) is 2.66. The van der Waals surface area contributed by atoms with E-state index in [9.17, 15) is 9.59 Å². The number of hydrogen-bond donors (Lipinski definition) is 0. The lowest BCUT2D eigenvalue weighted by Gasteiger charge is -2.21. The molecule has 1 saturated heterocycles. The van der Waals surface area contributed by atoms with E-state index >= 15 is 0 Å². The van der Waals surface area contributed by atoms with Crippen molar-refractivity contribution in [3.05, 3.63) is 53.0 Å². The summed E-state index contributed by atoms with van der Waals surface area (Å²) in [5.74, 6) is 0. The molecule has 1 aromatic rings. The first-order valence-electron chi connectivity index (χ1n) is 7.80. The highest BCUT2D eigenvalue weighted by Gasteiger charge is 2.40. The van der Waals surface area contributed by atoms with Crippen LogP contribution in [0.5, 0.6) is 0 Å². The first-order chi connectivity index (χ1) is 11.1. The van der Waals surface area contributed by atoms with Crippen molar-refractivity contribution < 1.29 is 9.63 Å². The molecule has 1 unspecified atom stereocenters. The van der Waals surface area contributed by atoms with Crippen LogP contribution >= 0.6 is 0 Å². The number of carbonyl (C=O) groups is 1. The summed E-state index contributed by atoms with van der Waals surface area (Å²) in [6.45, 7) is 9.05. The van der Waals surface area contributed by atoms with Gasteiger partial charge in [0.05, 0.1) is 12.6 Å². The predicted octanol–water partition coefficient (Wildman–Crippen LogP) is 2.03. The molecule has 6 nitrogen and oxygen atoms in total. The average Bonchev–Trinajstić information content (AvgIpc) is 2.79. The van der Waals surface area contributed by atoms with Gasteiger partial charge in [0.25, 0.3) is 0 Å². The van der Waals surface area contributed by atoms with Crippen molar-refractivity contribution >= 4 is 11.6 Å². The Kier molecular flexibility index (Phi) is 5.39. The van der Waals surface area contributed by atoms with Crippen LogP contribution in [0.1, 0.15) is 19.4 Å². The molecule has 3 heterocycles. The Morgan fingerprint density at radius 2 is 2.09 bits per heavy atom. The predicted molar refractivity (Wildman–Crippen MR) is 89.8 cm³/mol. The summed E-state index contributed by atoms with van der Waals surface area (Å²) in [6, 6.07) is 3.10. The molecule has 1 aromatic heterocycles. The Hall–Kier alpha value is -2.34. The molecule has 2 bridgehead atoms. The van der Waals surface area contributed by atoms with Gasteiger partial charge >= 0.3 is 6.03 Å². The van der Waals surface area contributed by atoms with Gasteiger partial charge in [0.1, 0.15) is 0 Å². The number of rotatable bonds is 4. The molecule has 2 aliphatic rings. The van der Waals surface area contributed by atoms with Crippen molar-refractivity contribution in [2.45, 2.75) is 19.9 Å². The molecule has 124 valence electrons. The number of urea groups is 1. The van der Waals surface area contributed by atoms with E-state index in [0.29, 0.717) is 19.7 Å². The van der Waals surface area contributed by atoms with Gasteiger partial charge in [0.15, 0.2) is 0 Å². The van der Waals surface area contributed by atoms with Crippen molar-refractivity contribution in [1.29, 1.82) is 0 Å². The van der Waals surface area contributed by atoms with Crippen LogP contribution in [-0.4, -0.2) is 46.3 Å². The minimum Gasteiger partial charge on any atom is -0.318 e. The molecule has 0 N–H and O–H groups in total. The molecule has 2 amide bonds. The van der Waals surface area contributed by atoms with E-state index in [1.54, 1.807) is 30.3 Å². The number of hydrogen-bond acceptors (Lipinski definition) is 3. The number of amides is 2. The quantitative estimate of drug-likeness (QED) is 0.799. The van der Waals surface area contributed by atoms with Crippen molar-refractivity contribution in [2.75, 3.05) is 19.7 Å². The summed E-state index contributed by atoms with van der Waals surface area (Å²) < 4.78 is 1.54. The highest BCUT2D eigenvalue weighted by molar-refractivity contribution is 5.82. The van der Waals surface area contributed by atoms with E-state index < -0.39 is 0 Å². The van der Waals surface area contributed by atoms with Gasteiger partial charge in [0.2, 0.25) is 5.56 Å². The smallest absolute Gasteiger partial charge is 0.318 e. The van der Waals surface area contributed by atoms with E-state index in [-0.39, 0.29) is 17.6 Å². The van der Waals surface area contributed by atoms with E-state index in [2.05, 4.69) is 6.58 Å². The van der Waals surface area contributed by atoms with Crippen LogP contribution in [0.2, 0.25) is 0 Å². The summed E-state index contributed by atoms with van der Waals surface area (Å²) >= 11 is 0. The maximum absolute atomic E-state index is 12.2. The zero-order valence-corrected chi connectivity index (χ0v) is 13.9. The fraction of sp³-hybridized carbons (Fsp3) is 0.412. The van der Waals surface area contributed by atoms with Crippen LogP contribution in [0.25, 0.3) is 5.57 Å². The molecule has 3 rings (SSSR count). The first-order valence-corrected chi connectivity index (χ1v) is 7.80. The molecular formula is C17H23N3O3. The van der Waals surface area contributed by atoms with Gasteiger partial charge in [-0.15, -0.1) is 6.58 Å². The molecular weight excluding hydrogens is 294 g/mol. The molecule has 0 saturated carbocycles. The van der Waals surface area contributed by atoms with E-state index in [1.807, 2.05) is 19.9 Å². The highest BCUT2D eigenvalue weighted by Crippen LogP contribution is 2.29. The van der Waals surface area contributed by atoms with Gasteiger partial charge in [-0.3, -0.25) is 9.63 Å². The van der Waals surface area contributed by atoms with Gasteiger partial charge < -0.3 is 9.47 Å². The Balaban J connectivity index is 0.000000924. The van der Waals surface area contributed by atoms with Crippen LogP contribution in [0.15, 0.2) is 41.9 Å². The number of aryl methyl sites for hydroxylation is 1. The normalized spacial score (nSPS) is 19.2. The third-order valence-electron chi connectivity index (χ3n) is 3.71. The minimum atomic E-state index is -0.127. The SMILES string of the molecule is C=CCON1C(=O)N2CC(c3ccc(=O)n(C)c3)=CC1C2.CC. The monoisotopic (exact) mass is 317 g/mol. The Labute approximate surface area is 136 Å². The topological polar surface area (TPSA) is 54.8 Å². The van der Waals surface area contributed by atoms with Crippen molar-refractivity contribution in [2.24, 2.45) is 7.05 Å². The van der Waals surface area contributed by atoms with Crippen molar-refractivity contribution in [3.8, 4) is 0 Å². The molecule has 0 radical (unpaired) electrons. The van der Waals surface area contributed by atoms with Crippen LogP contribution in [0, 0.1) is 0 Å². The second-order valence-electron chi connectivity index (χ2n) is 5.20. The minimum absolute atomic E-state index is 0.0505. The van der Waals surface area contributed by atoms with Gasteiger partial charge in [-0.1, -0.05) is 26.0 Å². The second kappa shape index (κ2) is 7.28. The maximum Gasteiger partial charge on any atom is 0.344 e. The summed E-state index contributed by atoms with van der Waals surface area (Å²) in [5, 5.41) is 1.40. The number of nitrogens with zero attached hydrogens (tertiary/aromatic N) is 3. The number of aromatic nitrogens is 1. The molecule has 1 atom stereocenters. The summed E-state index contributed by atoms with van der Waals surface area (Å²) in [4.78, 5) is 30.8. The third-order valence-corrected chi connectivity index (χ3v) is 3.71. The van der Waals surface area contributed by atoms with Crippen LogP contribution < -0.4 is 5.56 Å². The largest absolute Gasteiger partial charge is 0.344 e. The maximum atomic E-state index is 12.2. The van der Waals surface area contributed by atoms with Crippen LogP contribution in [-0.2, 0) is 11.9 Å².